The average Bonchev–Trinajstić information content (AvgIpc) is 3.26. The van der Waals surface area contributed by atoms with Crippen LogP contribution in [0, 0.1) is 6.92 Å². The molecule has 1 fully saturated rings. The number of fused-ring (bicyclic) bond motifs is 1. The standard InChI is InChI=1S/C21H22N4O3S/c1-14-4-7-18(22-11-14)23-19(26)12-25-16-10-15(21(28)24-8-2-3-9-24)5-6-17(16)29-13-20(25)27/h4-7,10-11H,2-3,8-9,12-13H2,1H3,(H,22,23,26). The third-order valence-electron chi connectivity index (χ3n) is 5.02. The summed E-state index contributed by atoms with van der Waals surface area (Å²) in [5.41, 5.74) is 2.16. The fraction of sp³-hybridized carbons (Fsp3) is 0.333. The van der Waals surface area contributed by atoms with Crippen LogP contribution in [0.2, 0.25) is 0 Å². The van der Waals surface area contributed by atoms with Crippen LogP contribution in [0.3, 0.4) is 0 Å². The van der Waals surface area contributed by atoms with Crippen molar-refractivity contribution in [2.24, 2.45) is 0 Å². The molecule has 0 unspecified atom stereocenters. The SMILES string of the molecule is Cc1ccc(NC(=O)CN2C(=O)CSc3ccc(C(=O)N4CCCC4)cc32)nc1. The predicted octanol–water partition coefficient (Wildman–Crippen LogP) is 2.70. The van der Waals surface area contributed by atoms with E-state index in [2.05, 4.69) is 10.3 Å². The van der Waals surface area contributed by atoms with E-state index in [1.54, 1.807) is 24.4 Å². The summed E-state index contributed by atoms with van der Waals surface area (Å²) < 4.78 is 0. The van der Waals surface area contributed by atoms with E-state index in [0.717, 1.165) is 36.4 Å². The summed E-state index contributed by atoms with van der Waals surface area (Å²) in [6.45, 7) is 3.32. The van der Waals surface area contributed by atoms with E-state index in [4.69, 9.17) is 0 Å². The zero-order chi connectivity index (χ0) is 20.4. The second-order valence-corrected chi connectivity index (χ2v) is 8.24. The minimum absolute atomic E-state index is 0.0263. The van der Waals surface area contributed by atoms with Crippen LogP contribution in [0.5, 0.6) is 0 Å². The fourth-order valence-electron chi connectivity index (χ4n) is 3.48. The van der Waals surface area contributed by atoms with Crippen LogP contribution >= 0.6 is 11.8 Å². The number of benzene rings is 1. The molecule has 1 saturated heterocycles. The lowest BCUT2D eigenvalue weighted by Crippen LogP contribution is -2.41. The number of aryl methyl sites for hydroxylation is 1. The number of nitrogens with zero attached hydrogens (tertiary/aromatic N) is 3. The number of likely N-dealkylation sites (tertiary alicyclic amines) is 1. The highest BCUT2D eigenvalue weighted by Gasteiger charge is 2.28. The molecule has 7 nitrogen and oxygen atoms in total. The van der Waals surface area contributed by atoms with Gasteiger partial charge in [0.2, 0.25) is 11.8 Å². The molecule has 1 aromatic carbocycles. The molecular weight excluding hydrogens is 388 g/mol. The average molecular weight is 410 g/mol. The topological polar surface area (TPSA) is 82.6 Å². The maximum absolute atomic E-state index is 12.7. The largest absolute Gasteiger partial charge is 0.339 e. The van der Waals surface area contributed by atoms with E-state index in [-0.39, 0.29) is 30.0 Å². The summed E-state index contributed by atoms with van der Waals surface area (Å²) in [6, 6.07) is 8.98. The number of aromatic nitrogens is 1. The summed E-state index contributed by atoms with van der Waals surface area (Å²) in [6.07, 6.45) is 3.71. The van der Waals surface area contributed by atoms with Gasteiger partial charge in [-0.3, -0.25) is 14.4 Å². The monoisotopic (exact) mass is 410 g/mol. The van der Waals surface area contributed by atoms with Gasteiger partial charge in [0, 0.05) is 29.7 Å². The van der Waals surface area contributed by atoms with Gasteiger partial charge in [-0.2, -0.15) is 0 Å². The lowest BCUT2D eigenvalue weighted by Gasteiger charge is -2.29. The molecule has 0 radical (unpaired) electrons. The van der Waals surface area contributed by atoms with Gasteiger partial charge < -0.3 is 15.1 Å². The molecule has 0 saturated carbocycles. The van der Waals surface area contributed by atoms with Gasteiger partial charge in [-0.05, 0) is 49.6 Å². The Bertz CT molecular complexity index is 955. The molecule has 0 spiro atoms. The summed E-state index contributed by atoms with van der Waals surface area (Å²) in [7, 11) is 0. The molecule has 2 aliphatic heterocycles. The number of carbonyl (C=O) groups is 3. The van der Waals surface area contributed by atoms with Crippen LogP contribution in [0.4, 0.5) is 11.5 Å². The van der Waals surface area contributed by atoms with Crippen LogP contribution in [0.15, 0.2) is 41.4 Å². The molecule has 29 heavy (non-hydrogen) atoms. The molecule has 1 aromatic heterocycles. The predicted molar refractivity (Wildman–Crippen MR) is 112 cm³/mol. The third-order valence-corrected chi connectivity index (χ3v) is 6.07. The first-order valence-electron chi connectivity index (χ1n) is 9.60. The molecular formula is C21H22N4O3S. The molecule has 4 rings (SSSR count). The molecule has 8 heteroatoms. The summed E-state index contributed by atoms with van der Waals surface area (Å²) in [5.74, 6) is 0.200. The van der Waals surface area contributed by atoms with Crippen LogP contribution in [0.25, 0.3) is 0 Å². The summed E-state index contributed by atoms with van der Waals surface area (Å²) >= 11 is 1.43. The van der Waals surface area contributed by atoms with Crippen LogP contribution in [-0.4, -0.2) is 53.0 Å². The minimum atomic E-state index is -0.330. The molecule has 1 N–H and O–H groups in total. The van der Waals surface area contributed by atoms with Crippen molar-refractivity contribution < 1.29 is 14.4 Å². The summed E-state index contributed by atoms with van der Waals surface area (Å²) in [4.78, 5) is 46.1. The molecule has 3 heterocycles. The minimum Gasteiger partial charge on any atom is -0.339 e. The molecule has 0 aliphatic carbocycles. The van der Waals surface area contributed by atoms with Gasteiger partial charge in [-0.15, -0.1) is 11.8 Å². The van der Waals surface area contributed by atoms with Crippen molar-refractivity contribution in [3.05, 3.63) is 47.7 Å². The third kappa shape index (κ3) is 4.27. The molecule has 0 atom stereocenters. The van der Waals surface area contributed by atoms with Gasteiger partial charge in [-0.25, -0.2) is 4.98 Å². The van der Waals surface area contributed by atoms with E-state index in [0.29, 0.717) is 17.1 Å². The number of rotatable bonds is 4. The quantitative estimate of drug-likeness (QED) is 0.838. The van der Waals surface area contributed by atoms with Crippen molar-refractivity contribution in [1.29, 1.82) is 0 Å². The van der Waals surface area contributed by atoms with Crippen molar-refractivity contribution in [3.63, 3.8) is 0 Å². The van der Waals surface area contributed by atoms with Gasteiger partial charge in [0.15, 0.2) is 0 Å². The zero-order valence-corrected chi connectivity index (χ0v) is 17.0. The lowest BCUT2D eigenvalue weighted by atomic mass is 10.1. The van der Waals surface area contributed by atoms with Gasteiger partial charge in [0.25, 0.3) is 5.91 Å². The number of hydrogen-bond acceptors (Lipinski definition) is 5. The fourth-order valence-corrected chi connectivity index (χ4v) is 4.40. The van der Waals surface area contributed by atoms with Crippen molar-refractivity contribution >= 4 is 41.0 Å². The Morgan fingerprint density at radius 1 is 1.17 bits per heavy atom. The highest BCUT2D eigenvalue weighted by atomic mass is 32.2. The van der Waals surface area contributed by atoms with Gasteiger partial charge >= 0.3 is 0 Å². The molecule has 150 valence electrons. The Morgan fingerprint density at radius 2 is 1.97 bits per heavy atom. The maximum Gasteiger partial charge on any atom is 0.253 e. The first kappa shape index (κ1) is 19.4. The first-order chi connectivity index (χ1) is 14.0. The Kier molecular flexibility index (Phi) is 5.53. The number of hydrogen-bond donors (Lipinski definition) is 1. The Balaban J connectivity index is 1.54. The number of anilines is 2. The van der Waals surface area contributed by atoms with Crippen molar-refractivity contribution in [1.82, 2.24) is 9.88 Å². The molecule has 0 bridgehead atoms. The van der Waals surface area contributed by atoms with Crippen molar-refractivity contribution in [3.8, 4) is 0 Å². The Hall–Kier alpha value is -2.87. The van der Waals surface area contributed by atoms with Gasteiger partial charge in [0.1, 0.15) is 12.4 Å². The molecule has 3 amide bonds. The van der Waals surface area contributed by atoms with Gasteiger partial charge in [-0.1, -0.05) is 6.07 Å². The second kappa shape index (κ2) is 8.24. The number of nitrogens with one attached hydrogen (secondary N) is 1. The van der Waals surface area contributed by atoms with E-state index in [1.165, 1.54) is 16.7 Å². The highest BCUT2D eigenvalue weighted by molar-refractivity contribution is 8.00. The maximum atomic E-state index is 12.7. The Labute approximate surface area is 173 Å². The summed E-state index contributed by atoms with van der Waals surface area (Å²) in [5, 5.41) is 2.72. The van der Waals surface area contributed by atoms with Crippen LogP contribution in [-0.2, 0) is 9.59 Å². The number of carbonyl (C=O) groups excluding carboxylic acids is 3. The van der Waals surface area contributed by atoms with E-state index >= 15 is 0 Å². The first-order valence-corrected chi connectivity index (χ1v) is 10.6. The molecule has 2 aliphatic rings. The van der Waals surface area contributed by atoms with Crippen LogP contribution in [0.1, 0.15) is 28.8 Å². The second-order valence-electron chi connectivity index (χ2n) is 7.22. The Morgan fingerprint density at radius 3 is 2.69 bits per heavy atom. The van der Waals surface area contributed by atoms with E-state index in [9.17, 15) is 14.4 Å². The smallest absolute Gasteiger partial charge is 0.253 e. The number of amides is 3. The van der Waals surface area contributed by atoms with E-state index in [1.807, 2.05) is 24.0 Å². The lowest BCUT2D eigenvalue weighted by molar-refractivity contribution is -0.120. The normalized spacial score (nSPS) is 16.0. The number of pyridine rings is 1. The number of thioether (sulfide) groups is 1. The van der Waals surface area contributed by atoms with E-state index < -0.39 is 0 Å². The van der Waals surface area contributed by atoms with Crippen molar-refractivity contribution in [2.45, 2.75) is 24.7 Å². The van der Waals surface area contributed by atoms with Crippen LogP contribution < -0.4 is 10.2 Å². The van der Waals surface area contributed by atoms with Gasteiger partial charge in [0.05, 0.1) is 11.4 Å². The zero-order valence-electron chi connectivity index (χ0n) is 16.2. The molecule has 2 aromatic rings. The highest BCUT2D eigenvalue weighted by Crippen LogP contribution is 2.36. The van der Waals surface area contributed by atoms with Crippen molar-refractivity contribution in [2.75, 3.05) is 35.6 Å².